The van der Waals surface area contributed by atoms with Crippen molar-refractivity contribution < 1.29 is 5.11 Å². The Bertz CT molecular complexity index is 651. The van der Waals surface area contributed by atoms with Crippen molar-refractivity contribution in [3.63, 3.8) is 0 Å². The standard InChI is InChI=1S/C26H41NO/c1-3-5-7-9-11-15-21-27(22-16-12-10-8-6-4-2)25-20-19-23-17-13-14-18-24(23)26(25)28/h13-14,17-20,28H,3-12,15-16,21-22H2,1-2H3. The van der Waals surface area contributed by atoms with Gasteiger partial charge in [0.25, 0.3) is 0 Å². The highest BCUT2D eigenvalue weighted by atomic mass is 16.3. The first-order valence-electron chi connectivity index (χ1n) is 11.7. The molecule has 0 fully saturated rings. The fourth-order valence-electron chi connectivity index (χ4n) is 4.02. The summed E-state index contributed by atoms with van der Waals surface area (Å²) in [5, 5.41) is 13.0. The van der Waals surface area contributed by atoms with Gasteiger partial charge in [-0.2, -0.15) is 0 Å². The fourth-order valence-corrected chi connectivity index (χ4v) is 4.02. The maximum absolute atomic E-state index is 10.9. The number of rotatable bonds is 15. The van der Waals surface area contributed by atoms with Gasteiger partial charge in [0.05, 0.1) is 5.69 Å². The number of nitrogens with zero attached hydrogens (tertiary/aromatic N) is 1. The van der Waals surface area contributed by atoms with Crippen molar-refractivity contribution >= 4 is 16.5 Å². The highest BCUT2D eigenvalue weighted by Crippen LogP contribution is 2.35. The molecule has 0 amide bonds. The highest BCUT2D eigenvalue weighted by Gasteiger charge is 2.13. The Morgan fingerprint density at radius 3 is 1.79 bits per heavy atom. The Kier molecular flexibility index (Phi) is 10.9. The molecule has 2 heteroatoms. The Balaban J connectivity index is 1.97. The molecule has 0 aliphatic heterocycles. The summed E-state index contributed by atoms with van der Waals surface area (Å²) < 4.78 is 0. The van der Waals surface area contributed by atoms with Gasteiger partial charge in [-0.1, -0.05) is 108 Å². The Morgan fingerprint density at radius 2 is 1.18 bits per heavy atom. The van der Waals surface area contributed by atoms with Crippen molar-refractivity contribution in [3.8, 4) is 5.75 Å². The van der Waals surface area contributed by atoms with Crippen molar-refractivity contribution in [2.75, 3.05) is 18.0 Å². The van der Waals surface area contributed by atoms with E-state index in [9.17, 15) is 5.11 Å². The van der Waals surface area contributed by atoms with E-state index in [1.807, 2.05) is 18.2 Å². The lowest BCUT2D eigenvalue weighted by atomic mass is 10.1. The lowest BCUT2D eigenvalue weighted by Gasteiger charge is -2.26. The van der Waals surface area contributed by atoms with Crippen LogP contribution < -0.4 is 4.90 Å². The van der Waals surface area contributed by atoms with E-state index in [0.717, 1.165) is 29.5 Å². The summed E-state index contributed by atoms with van der Waals surface area (Å²) in [6, 6.07) is 12.4. The fraction of sp³-hybridized carbons (Fsp3) is 0.615. The summed E-state index contributed by atoms with van der Waals surface area (Å²) in [7, 11) is 0. The Labute approximate surface area is 173 Å². The summed E-state index contributed by atoms with van der Waals surface area (Å²) in [5.74, 6) is 0.454. The summed E-state index contributed by atoms with van der Waals surface area (Å²) in [6.45, 7) is 6.63. The van der Waals surface area contributed by atoms with Gasteiger partial charge in [-0.25, -0.2) is 0 Å². The minimum Gasteiger partial charge on any atom is -0.505 e. The van der Waals surface area contributed by atoms with Crippen LogP contribution in [0.1, 0.15) is 90.9 Å². The molecule has 2 aromatic carbocycles. The zero-order valence-corrected chi connectivity index (χ0v) is 18.3. The molecule has 0 heterocycles. The molecule has 0 saturated carbocycles. The molecule has 2 rings (SSSR count). The van der Waals surface area contributed by atoms with Gasteiger partial charge >= 0.3 is 0 Å². The Hall–Kier alpha value is -1.70. The molecule has 0 aliphatic rings. The van der Waals surface area contributed by atoms with Crippen molar-refractivity contribution in [2.24, 2.45) is 0 Å². The molecule has 1 N–H and O–H groups in total. The van der Waals surface area contributed by atoms with Gasteiger partial charge in [-0.15, -0.1) is 0 Å². The van der Waals surface area contributed by atoms with Gasteiger partial charge in [-0.05, 0) is 24.3 Å². The third kappa shape index (κ3) is 7.37. The lowest BCUT2D eigenvalue weighted by Crippen LogP contribution is -2.25. The van der Waals surface area contributed by atoms with Crippen LogP contribution in [0.25, 0.3) is 10.8 Å². The zero-order valence-electron chi connectivity index (χ0n) is 18.3. The molecule has 0 radical (unpaired) electrons. The molecule has 0 aromatic heterocycles. The number of hydrogen-bond donors (Lipinski definition) is 1. The number of aromatic hydroxyl groups is 1. The number of phenolic OH excluding ortho intramolecular Hbond substituents is 1. The normalized spacial score (nSPS) is 11.2. The minimum atomic E-state index is 0.454. The van der Waals surface area contributed by atoms with E-state index < -0.39 is 0 Å². The number of unbranched alkanes of at least 4 members (excludes halogenated alkanes) is 10. The van der Waals surface area contributed by atoms with Gasteiger partial charge in [0.2, 0.25) is 0 Å². The van der Waals surface area contributed by atoms with Crippen LogP contribution in [0.15, 0.2) is 36.4 Å². The predicted octanol–water partition coefficient (Wildman–Crippen LogP) is 8.07. The molecule has 0 aliphatic carbocycles. The molecule has 0 unspecified atom stereocenters. The number of fused-ring (bicyclic) bond motifs is 1. The van der Waals surface area contributed by atoms with Gasteiger partial charge in [0.15, 0.2) is 0 Å². The van der Waals surface area contributed by atoms with Gasteiger partial charge in [0, 0.05) is 18.5 Å². The molecule has 0 saturated heterocycles. The maximum Gasteiger partial charge on any atom is 0.146 e. The maximum atomic E-state index is 10.9. The first-order valence-corrected chi connectivity index (χ1v) is 11.7. The van der Waals surface area contributed by atoms with Crippen LogP contribution in [0.4, 0.5) is 5.69 Å². The van der Waals surface area contributed by atoms with Gasteiger partial charge < -0.3 is 10.0 Å². The van der Waals surface area contributed by atoms with E-state index in [1.165, 1.54) is 77.0 Å². The summed E-state index contributed by atoms with van der Waals surface area (Å²) in [5.41, 5.74) is 1.01. The van der Waals surface area contributed by atoms with Crippen LogP contribution in [0, 0.1) is 0 Å². The molecule has 0 bridgehead atoms. The van der Waals surface area contributed by atoms with Crippen molar-refractivity contribution in [1.29, 1.82) is 0 Å². The SMILES string of the molecule is CCCCCCCCN(CCCCCCCC)c1ccc2ccccc2c1O. The molecule has 2 aromatic rings. The quantitative estimate of drug-likeness (QED) is 0.314. The number of benzene rings is 2. The van der Waals surface area contributed by atoms with E-state index in [1.54, 1.807) is 0 Å². The molecule has 156 valence electrons. The van der Waals surface area contributed by atoms with Crippen LogP contribution in [-0.2, 0) is 0 Å². The summed E-state index contributed by atoms with van der Waals surface area (Å²) >= 11 is 0. The summed E-state index contributed by atoms with van der Waals surface area (Å²) in [4.78, 5) is 2.43. The zero-order chi connectivity index (χ0) is 20.0. The van der Waals surface area contributed by atoms with E-state index in [-0.39, 0.29) is 0 Å². The van der Waals surface area contributed by atoms with Gasteiger partial charge in [-0.3, -0.25) is 0 Å². The monoisotopic (exact) mass is 383 g/mol. The van der Waals surface area contributed by atoms with Crippen molar-refractivity contribution in [3.05, 3.63) is 36.4 Å². The predicted molar refractivity (Wildman–Crippen MR) is 125 cm³/mol. The second kappa shape index (κ2) is 13.5. The van der Waals surface area contributed by atoms with E-state index >= 15 is 0 Å². The molecule has 0 atom stereocenters. The topological polar surface area (TPSA) is 23.5 Å². The second-order valence-corrected chi connectivity index (χ2v) is 8.18. The van der Waals surface area contributed by atoms with Crippen LogP contribution in [0.3, 0.4) is 0 Å². The van der Waals surface area contributed by atoms with Crippen LogP contribution in [0.5, 0.6) is 5.75 Å². The van der Waals surface area contributed by atoms with Crippen LogP contribution in [-0.4, -0.2) is 18.2 Å². The van der Waals surface area contributed by atoms with Crippen molar-refractivity contribution in [2.45, 2.75) is 90.9 Å². The first kappa shape index (κ1) is 22.6. The van der Waals surface area contributed by atoms with Crippen molar-refractivity contribution in [1.82, 2.24) is 0 Å². The molecule has 2 nitrogen and oxygen atoms in total. The first-order chi connectivity index (χ1) is 13.8. The second-order valence-electron chi connectivity index (χ2n) is 8.18. The van der Waals surface area contributed by atoms with Crippen LogP contribution in [0.2, 0.25) is 0 Å². The highest BCUT2D eigenvalue weighted by molar-refractivity contribution is 5.93. The number of anilines is 1. The average Bonchev–Trinajstić information content (AvgIpc) is 2.72. The number of hydrogen-bond acceptors (Lipinski definition) is 2. The third-order valence-electron chi connectivity index (χ3n) is 5.78. The Morgan fingerprint density at radius 1 is 0.643 bits per heavy atom. The summed E-state index contributed by atoms with van der Waals surface area (Å²) in [6.07, 6.45) is 15.7. The third-order valence-corrected chi connectivity index (χ3v) is 5.78. The molecular weight excluding hydrogens is 342 g/mol. The molecule has 28 heavy (non-hydrogen) atoms. The van der Waals surface area contributed by atoms with Crippen LogP contribution >= 0.6 is 0 Å². The van der Waals surface area contributed by atoms with Gasteiger partial charge in [0.1, 0.15) is 5.75 Å². The van der Waals surface area contributed by atoms with E-state index in [2.05, 4.69) is 36.9 Å². The van der Waals surface area contributed by atoms with E-state index in [4.69, 9.17) is 0 Å². The smallest absolute Gasteiger partial charge is 0.146 e. The molecule has 0 spiro atoms. The lowest BCUT2D eigenvalue weighted by molar-refractivity contribution is 0.478. The largest absolute Gasteiger partial charge is 0.505 e. The minimum absolute atomic E-state index is 0.454. The van der Waals surface area contributed by atoms with E-state index in [0.29, 0.717) is 5.75 Å². The number of phenols is 1. The average molecular weight is 384 g/mol. The molecular formula is C26H41NO.